The van der Waals surface area contributed by atoms with Crippen molar-refractivity contribution in [1.82, 2.24) is 0 Å². The van der Waals surface area contributed by atoms with E-state index >= 15 is 0 Å². The van der Waals surface area contributed by atoms with Crippen LogP contribution in [-0.2, 0) is 14.2 Å². The second-order valence-corrected chi connectivity index (χ2v) is 9.68. The minimum absolute atomic E-state index is 0.125. The molecule has 16 nitrogen and oxygen atoms in total. The molecule has 0 radical (unpaired) electrons. The normalized spacial score (nSPS) is 34.2. The van der Waals surface area contributed by atoms with Crippen molar-refractivity contribution in [1.29, 1.82) is 0 Å². The van der Waals surface area contributed by atoms with Gasteiger partial charge in [-0.2, -0.15) is 0 Å². The SMILES string of the molecule is O=c1c2c(OC3OC(CO)C(O)C(OC4OC(CO)C(O)C(O)C4O)C3O)cc(O)cc2oc2ccc(O)c(O)c12. The summed E-state index contributed by atoms with van der Waals surface area (Å²) in [6, 6.07) is 4.36. The van der Waals surface area contributed by atoms with Crippen molar-refractivity contribution in [2.75, 3.05) is 13.2 Å². The fourth-order valence-electron chi connectivity index (χ4n) is 4.85. The molecule has 224 valence electrons. The van der Waals surface area contributed by atoms with Crippen LogP contribution in [0.4, 0.5) is 0 Å². The lowest BCUT2D eigenvalue weighted by atomic mass is 9.97. The predicted molar refractivity (Wildman–Crippen MR) is 132 cm³/mol. The van der Waals surface area contributed by atoms with Crippen LogP contribution in [-0.4, -0.2) is 126 Å². The van der Waals surface area contributed by atoms with E-state index in [1.165, 1.54) is 6.07 Å². The van der Waals surface area contributed by atoms with Crippen LogP contribution in [0.25, 0.3) is 21.9 Å². The van der Waals surface area contributed by atoms with Crippen LogP contribution in [0.1, 0.15) is 0 Å². The molecule has 3 heterocycles. The Balaban J connectivity index is 1.51. The van der Waals surface area contributed by atoms with Crippen molar-refractivity contribution in [3.8, 4) is 23.0 Å². The fraction of sp³-hybridized carbons (Fsp3) is 0.480. The van der Waals surface area contributed by atoms with Gasteiger partial charge in [0.15, 0.2) is 17.8 Å². The number of phenols is 3. The first-order valence-corrected chi connectivity index (χ1v) is 12.4. The minimum atomic E-state index is -1.94. The summed E-state index contributed by atoms with van der Waals surface area (Å²) >= 11 is 0. The summed E-state index contributed by atoms with van der Waals surface area (Å²) in [4.78, 5) is 13.4. The Morgan fingerprint density at radius 2 is 1.39 bits per heavy atom. The van der Waals surface area contributed by atoms with E-state index in [1.54, 1.807) is 0 Å². The molecule has 2 aromatic carbocycles. The van der Waals surface area contributed by atoms with Gasteiger partial charge in [0.1, 0.15) is 82.3 Å². The van der Waals surface area contributed by atoms with Crippen LogP contribution in [0.15, 0.2) is 33.5 Å². The number of phenolic OH excluding ortho intramolecular Hbond substituents is 3. The number of benzene rings is 2. The third-order valence-electron chi connectivity index (χ3n) is 7.05. The molecule has 10 N–H and O–H groups in total. The molecule has 1 aromatic heterocycles. The molecule has 3 aromatic rings. The number of hydrogen-bond acceptors (Lipinski definition) is 16. The molecular formula is C25H28O16. The van der Waals surface area contributed by atoms with Gasteiger partial charge in [-0.05, 0) is 12.1 Å². The first kappa shape index (κ1) is 29.2. The topological polar surface area (TPSA) is 269 Å². The standard InChI is InChI=1S/C25H28O16/c26-5-12-17(31)20(34)21(35)24(39-12)41-23-18(32)13(6-27)40-25(22(23)36)38-11-4-7(28)3-10-14(11)19(33)15-9(37-10)2-1-8(29)16(15)30/h1-4,12-13,17-18,20-32,34-36H,5-6H2. The second-order valence-electron chi connectivity index (χ2n) is 9.68. The van der Waals surface area contributed by atoms with E-state index in [0.717, 1.165) is 18.2 Å². The van der Waals surface area contributed by atoms with Crippen molar-refractivity contribution < 1.29 is 74.4 Å². The van der Waals surface area contributed by atoms with Crippen LogP contribution < -0.4 is 10.2 Å². The van der Waals surface area contributed by atoms with Crippen molar-refractivity contribution in [3.63, 3.8) is 0 Å². The highest BCUT2D eigenvalue weighted by molar-refractivity contribution is 5.97. The minimum Gasteiger partial charge on any atom is -0.508 e. The molecule has 0 bridgehead atoms. The molecule has 0 aliphatic carbocycles. The number of aromatic hydroxyl groups is 3. The summed E-state index contributed by atoms with van der Waals surface area (Å²) in [6.07, 6.45) is -17.3. The highest BCUT2D eigenvalue weighted by Gasteiger charge is 2.51. The van der Waals surface area contributed by atoms with Gasteiger partial charge < -0.3 is 74.4 Å². The van der Waals surface area contributed by atoms with E-state index in [0.29, 0.717) is 0 Å². The van der Waals surface area contributed by atoms with Gasteiger partial charge in [0.25, 0.3) is 0 Å². The van der Waals surface area contributed by atoms with Gasteiger partial charge in [-0.25, -0.2) is 0 Å². The molecule has 2 aliphatic rings. The van der Waals surface area contributed by atoms with E-state index in [2.05, 4.69) is 0 Å². The van der Waals surface area contributed by atoms with Crippen LogP contribution in [0, 0.1) is 0 Å². The Morgan fingerprint density at radius 1 is 0.732 bits per heavy atom. The number of aliphatic hydroxyl groups is 7. The van der Waals surface area contributed by atoms with Crippen LogP contribution >= 0.6 is 0 Å². The van der Waals surface area contributed by atoms with E-state index in [9.17, 15) is 55.9 Å². The van der Waals surface area contributed by atoms with Crippen LogP contribution in [0.5, 0.6) is 23.0 Å². The average Bonchev–Trinajstić information content (AvgIpc) is 2.94. The zero-order valence-electron chi connectivity index (χ0n) is 20.9. The molecule has 10 atom stereocenters. The molecule has 0 saturated carbocycles. The summed E-state index contributed by atoms with van der Waals surface area (Å²) < 4.78 is 27.6. The zero-order chi connectivity index (χ0) is 29.7. The second kappa shape index (κ2) is 11.2. The van der Waals surface area contributed by atoms with Gasteiger partial charge >= 0.3 is 0 Å². The van der Waals surface area contributed by atoms with E-state index in [-0.39, 0.29) is 16.6 Å². The molecule has 5 rings (SSSR count). The van der Waals surface area contributed by atoms with Gasteiger partial charge in [0.05, 0.1) is 13.2 Å². The van der Waals surface area contributed by atoms with E-state index in [4.69, 9.17) is 23.4 Å². The van der Waals surface area contributed by atoms with Gasteiger partial charge in [0.2, 0.25) is 11.7 Å². The first-order chi connectivity index (χ1) is 19.5. The summed E-state index contributed by atoms with van der Waals surface area (Å²) in [5.41, 5.74) is -1.22. The maximum Gasteiger partial charge on any atom is 0.229 e. The molecular weight excluding hydrogens is 556 g/mol. The molecule has 2 saturated heterocycles. The lowest BCUT2D eigenvalue weighted by molar-refractivity contribution is -0.352. The fourth-order valence-corrected chi connectivity index (χ4v) is 4.85. The van der Waals surface area contributed by atoms with Gasteiger partial charge in [0, 0.05) is 12.1 Å². The monoisotopic (exact) mass is 584 g/mol. The lowest BCUT2D eigenvalue weighted by Gasteiger charge is -2.45. The molecule has 41 heavy (non-hydrogen) atoms. The Kier molecular flexibility index (Phi) is 7.96. The number of hydrogen-bond donors (Lipinski definition) is 10. The Hall–Kier alpha value is -3.29. The Labute approximate surface area is 229 Å². The molecule has 0 spiro atoms. The van der Waals surface area contributed by atoms with Crippen molar-refractivity contribution in [2.24, 2.45) is 0 Å². The predicted octanol–water partition coefficient (Wildman–Crippen LogP) is -2.93. The maximum absolute atomic E-state index is 13.4. The molecule has 2 aliphatic heterocycles. The van der Waals surface area contributed by atoms with Gasteiger partial charge in [-0.1, -0.05) is 0 Å². The van der Waals surface area contributed by atoms with Crippen molar-refractivity contribution >= 4 is 21.9 Å². The highest BCUT2D eigenvalue weighted by Crippen LogP contribution is 2.38. The third-order valence-corrected chi connectivity index (χ3v) is 7.05. The lowest BCUT2D eigenvalue weighted by Crippen LogP contribution is -2.65. The summed E-state index contributed by atoms with van der Waals surface area (Å²) in [5, 5.41) is 101. The van der Waals surface area contributed by atoms with Crippen molar-refractivity contribution in [2.45, 2.75) is 61.4 Å². The van der Waals surface area contributed by atoms with Crippen LogP contribution in [0.2, 0.25) is 0 Å². The summed E-state index contributed by atoms with van der Waals surface area (Å²) in [5.74, 6) is -2.26. The summed E-state index contributed by atoms with van der Waals surface area (Å²) in [7, 11) is 0. The molecule has 2 fully saturated rings. The molecule has 0 amide bonds. The average molecular weight is 584 g/mol. The number of aliphatic hydroxyl groups excluding tert-OH is 7. The quantitative estimate of drug-likeness (QED) is 0.103. The first-order valence-electron chi connectivity index (χ1n) is 12.4. The molecule has 10 unspecified atom stereocenters. The van der Waals surface area contributed by atoms with Gasteiger partial charge in [-0.15, -0.1) is 0 Å². The number of fused-ring (bicyclic) bond motifs is 2. The van der Waals surface area contributed by atoms with Gasteiger partial charge in [-0.3, -0.25) is 4.79 Å². The maximum atomic E-state index is 13.4. The summed E-state index contributed by atoms with van der Waals surface area (Å²) in [6.45, 7) is -1.60. The highest BCUT2D eigenvalue weighted by atomic mass is 16.7. The Morgan fingerprint density at radius 3 is 2.07 bits per heavy atom. The van der Waals surface area contributed by atoms with Crippen molar-refractivity contribution in [3.05, 3.63) is 34.5 Å². The van der Waals surface area contributed by atoms with E-state index in [1.807, 2.05) is 0 Å². The largest absolute Gasteiger partial charge is 0.508 e. The molecule has 16 heteroatoms. The Bertz CT molecular complexity index is 1470. The smallest absolute Gasteiger partial charge is 0.229 e. The third kappa shape index (κ3) is 5.04. The van der Waals surface area contributed by atoms with E-state index < -0.39 is 108 Å². The number of ether oxygens (including phenoxy) is 4. The zero-order valence-corrected chi connectivity index (χ0v) is 20.9. The van der Waals surface area contributed by atoms with Crippen LogP contribution in [0.3, 0.4) is 0 Å². The number of rotatable bonds is 6.